The van der Waals surface area contributed by atoms with Gasteiger partial charge < -0.3 is 14.8 Å². The summed E-state index contributed by atoms with van der Waals surface area (Å²) < 4.78 is 10.1. The minimum absolute atomic E-state index is 0.124. The maximum absolute atomic E-state index is 12.5. The number of thiophene rings is 1. The fraction of sp³-hybridized carbons (Fsp3) is 0.381. The highest BCUT2D eigenvalue weighted by Crippen LogP contribution is 2.34. The van der Waals surface area contributed by atoms with Crippen LogP contribution in [0.3, 0.4) is 0 Å². The standard InChI is InChI=1S/C21H23N3O5S2/c1-5-28-20(26)16-13(4)17(21(27)29-6-2)31-19(16)24-15(25)9-10-30-18-14(11-22)8-7-12(3)23-18/h7-8H,5-6,9-10H2,1-4H3,(H,24,25). The molecule has 0 radical (unpaired) electrons. The van der Waals surface area contributed by atoms with Crippen molar-refractivity contribution >= 4 is 45.9 Å². The largest absolute Gasteiger partial charge is 0.462 e. The molecule has 1 N–H and O–H groups in total. The van der Waals surface area contributed by atoms with E-state index < -0.39 is 11.9 Å². The van der Waals surface area contributed by atoms with Gasteiger partial charge in [-0.15, -0.1) is 23.1 Å². The lowest BCUT2D eigenvalue weighted by Crippen LogP contribution is -2.15. The number of pyridine rings is 1. The third kappa shape index (κ3) is 6.29. The highest BCUT2D eigenvalue weighted by molar-refractivity contribution is 7.99. The average Bonchev–Trinajstić information content (AvgIpc) is 3.04. The Morgan fingerprint density at radius 1 is 1.16 bits per heavy atom. The van der Waals surface area contributed by atoms with E-state index in [1.54, 1.807) is 32.9 Å². The number of amides is 1. The second-order valence-corrected chi connectivity index (χ2v) is 8.37. The van der Waals surface area contributed by atoms with E-state index in [1.165, 1.54) is 11.8 Å². The summed E-state index contributed by atoms with van der Waals surface area (Å²) in [5.74, 6) is -1.11. The predicted octanol–water partition coefficient (Wildman–Crippen LogP) is 4.11. The summed E-state index contributed by atoms with van der Waals surface area (Å²) in [5.41, 5.74) is 1.80. The fourth-order valence-corrected chi connectivity index (χ4v) is 4.66. The van der Waals surface area contributed by atoms with E-state index in [4.69, 9.17) is 9.47 Å². The molecule has 2 aromatic rings. The zero-order valence-electron chi connectivity index (χ0n) is 17.7. The van der Waals surface area contributed by atoms with Crippen LogP contribution in [0.15, 0.2) is 17.2 Å². The van der Waals surface area contributed by atoms with Crippen molar-refractivity contribution in [1.29, 1.82) is 5.26 Å². The molecule has 164 valence electrons. The van der Waals surface area contributed by atoms with Crippen LogP contribution in [0, 0.1) is 25.2 Å². The van der Waals surface area contributed by atoms with E-state index in [1.807, 2.05) is 6.92 Å². The van der Waals surface area contributed by atoms with Crippen molar-refractivity contribution < 1.29 is 23.9 Å². The Morgan fingerprint density at radius 2 is 1.84 bits per heavy atom. The van der Waals surface area contributed by atoms with Crippen LogP contribution in [0.1, 0.15) is 57.1 Å². The number of thioether (sulfide) groups is 1. The molecule has 8 nitrogen and oxygen atoms in total. The topological polar surface area (TPSA) is 118 Å². The number of nitriles is 1. The summed E-state index contributed by atoms with van der Waals surface area (Å²) in [4.78, 5) is 41.7. The molecule has 0 atom stereocenters. The van der Waals surface area contributed by atoms with E-state index in [-0.39, 0.29) is 41.0 Å². The van der Waals surface area contributed by atoms with Crippen LogP contribution in [-0.4, -0.2) is 41.8 Å². The zero-order valence-corrected chi connectivity index (χ0v) is 19.4. The molecule has 0 aliphatic heterocycles. The Labute approximate surface area is 189 Å². The molecular formula is C21H23N3O5S2. The first-order valence-electron chi connectivity index (χ1n) is 9.60. The normalized spacial score (nSPS) is 10.3. The van der Waals surface area contributed by atoms with Gasteiger partial charge in [0.05, 0.1) is 24.3 Å². The van der Waals surface area contributed by atoms with Gasteiger partial charge in [0.15, 0.2) is 0 Å². The second-order valence-electron chi connectivity index (χ2n) is 6.27. The summed E-state index contributed by atoms with van der Waals surface area (Å²) >= 11 is 2.29. The lowest BCUT2D eigenvalue weighted by atomic mass is 10.1. The van der Waals surface area contributed by atoms with Gasteiger partial charge in [-0.2, -0.15) is 5.26 Å². The molecular weight excluding hydrogens is 438 g/mol. The van der Waals surface area contributed by atoms with Crippen molar-refractivity contribution in [3.05, 3.63) is 39.4 Å². The van der Waals surface area contributed by atoms with Gasteiger partial charge in [0.2, 0.25) is 5.91 Å². The third-order valence-corrected chi connectivity index (χ3v) is 6.21. The molecule has 31 heavy (non-hydrogen) atoms. The lowest BCUT2D eigenvalue weighted by Gasteiger charge is -2.07. The van der Waals surface area contributed by atoms with E-state index in [0.29, 0.717) is 21.9 Å². The van der Waals surface area contributed by atoms with Gasteiger partial charge in [0.1, 0.15) is 21.0 Å². The van der Waals surface area contributed by atoms with Gasteiger partial charge in [-0.1, -0.05) is 0 Å². The molecule has 0 fully saturated rings. The van der Waals surface area contributed by atoms with Crippen molar-refractivity contribution in [2.24, 2.45) is 0 Å². The quantitative estimate of drug-likeness (QED) is 0.438. The summed E-state index contributed by atoms with van der Waals surface area (Å²) in [6.07, 6.45) is 0.124. The maximum Gasteiger partial charge on any atom is 0.348 e. The zero-order chi connectivity index (χ0) is 23.0. The summed E-state index contributed by atoms with van der Waals surface area (Å²) in [6, 6.07) is 5.54. The number of aromatic nitrogens is 1. The Hall–Kier alpha value is -2.90. The molecule has 0 saturated carbocycles. The van der Waals surface area contributed by atoms with Crippen LogP contribution in [0.4, 0.5) is 5.00 Å². The van der Waals surface area contributed by atoms with Gasteiger partial charge in [-0.25, -0.2) is 14.6 Å². The molecule has 0 bridgehead atoms. The highest BCUT2D eigenvalue weighted by atomic mass is 32.2. The smallest absolute Gasteiger partial charge is 0.348 e. The minimum atomic E-state index is -0.612. The number of hydrogen-bond donors (Lipinski definition) is 1. The number of aryl methyl sites for hydroxylation is 1. The Balaban J connectivity index is 2.13. The number of ether oxygens (including phenoxy) is 2. The Morgan fingerprint density at radius 3 is 2.48 bits per heavy atom. The monoisotopic (exact) mass is 461 g/mol. The fourth-order valence-electron chi connectivity index (χ4n) is 2.60. The van der Waals surface area contributed by atoms with Gasteiger partial charge >= 0.3 is 11.9 Å². The molecule has 2 aromatic heterocycles. The molecule has 2 rings (SSSR count). The molecule has 1 amide bonds. The Kier molecular flexibility index (Phi) is 9.03. The van der Waals surface area contributed by atoms with Crippen LogP contribution < -0.4 is 5.32 Å². The van der Waals surface area contributed by atoms with E-state index in [0.717, 1.165) is 17.0 Å². The molecule has 0 aliphatic rings. The van der Waals surface area contributed by atoms with Crippen LogP contribution in [-0.2, 0) is 14.3 Å². The van der Waals surface area contributed by atoms with Crippen molar-refractivity contribution in [2.75, 3.05) is 24.3 Å². The number of rotatable bonds is 9. The summed E-state index contributed by atoms with van der Waals surface area (Å²) in [7, 11) is 0. The number of esters is 2. The molecule has 10 heteroatoms. The van der Waals surface area contributed by atoms with Gasteiger partial charge in [-0.05, 0) is 45.4 Å². The van der Waals surface area contributed by atoms with Crippen molar-refractivity contribution in [3.8, 4) is 6.07 Å². The minimum Gasteiger partial charge on any atom is -0.462 e. The van der Waals surface area contributed by atoms with Crippen LogP contribution in [0.25, 0.3) is 0 Å². The number of anilines is 1. The number of nitrogens with zero attached hydrogens (tertiary/aromatic N) is 2. The van der Waals surface area contributed by atoms with Gasteiger partial charge in [0, 0.05) is 17.9 Å². The van der Waals surface area contributed by atoms with E-state index in [9.17, 15) is 19.6 Å². The van der Waals surface area contributed by atoms with Crippen LogP contribution in [0.2, 0.25) is 0 Å². The van der Waals surface area contributed by atoms with Crippen molar-refractivity contribution in [3.63, 3.8) is 0 Å². The van der Waals surface area contributed by atoms with Gasteiger partial charge in [-0.3, -0.25) is 4.79 Å². The van der Waals surface area contributed by atoms with Crippen LogP contribution >= 0.6 is 23.1 Å². The van der Waals surface area contributed by atoms with E-state index in [2.05, 4.69) is 16.4 Å². The lowest BCUT2D eigenvalue weighted by molar-refractivity contribution is -0.115. The summed E-state index contributed by atoms with van der Waals surface area (Å²) in [6.45, 7) is 7.17. The van der Waals surface area contributed by atoms with Gasteiger partial charge in [0.25, 0.3) is 0 Å². The molecule has 2 heterocycles. The first-order valence-corrected chi connectivity index (χ1v) is 11.4. The average molecular weight is 462 g/mol. The molecule has 0 saturated heterocycles. The first kappa shape index (κ1) is 24.4. The molecule has 0 unspecified atom stereocenters. The Bertz CT molecular complexity index is 1030. The molecule has 0 aliphatic carbocycles. The third-order valence-electron chi connectivity index (χ3n) is 4.03. The highest BCUT2D eigenvalue weighted by Gasteiger charge is 2.27. The molecule has 0 aromatic carbocycles. The van der Waals surface area contributed by atoms with E-state index >= 15 is 0 Å². The number of carbonyl (C=O) groups is 3. The SMILES string of the molecule is CCOC(=O)c1sc(NC(=O)CCSc2nc(C)ccc2C#N)c(C(=O)OCC)c1C. The predicted molar refractivity (Wildman–Crippen MR) is 119 cm³/mol. The second kappa shape index (κ2) is 11.5. The number of nitrogens with one attached hydrogen (secondary N) is 1. The number of carbonyl (C=O) groups excluding carboxylic acids is 3. The summed E-state index contributed by atoms with van der Waals surface area (Å²) in [5, 5.41) is 12.7. The number of hydrogen-bond acceptors (Lipinski definition) is 9. The molecule has 0 spiro atoms. The van der Waals surface area contributed by atoms with Crippen molar-refractivity contribution in [1.82, 2.24) is 4.98 Å². The maximum atomic E-state index is 12.5. The van der Waals surface area contributed by atoms with Crippen LogP contribution in [0.5, 0.6) is 0 Å². The van der Waals surface area contributed by atoms with Crippen molar-refractivity contribution in [2.45, 2.75) is 39.1 Å². The first-order chi connectivity index (χ1) is 14.8.